The molecule has 1 atom stereocenters. The Morgan fingerprint density at radius 1 is 0.846 bits per heavy atom. The molecule has 0 fully saturated rings. The van der Waals surface area contributed by atoms with Gasteiger partial charge in [0.2, 0.25) is 0 Å². The molecule has 4 aromatic carbocycles. The third kappa shape index (κ3) is 5.29. The summed E-state index contributed by atoms with van der Waals surface area (Å²) in [6.07, 6.45) is 1.68. The van der Waals surface area contributed by atoms with Gasteiger partial charge in [-0.1, -0.05) is 60.7 Å². The predicted molar refractivity (Wildman–Crippen MR) is 150 cm³/mol. The van der Waals surface area contributed by atoms with Crippen LogP contribution in [0.4, 0.5) is 0 Å². The Morgan fingerprint density at radius 2 is 1.51 bits per heavy atom. The zero-order chi connectivity index (χ0) is 26.6. The Hall–Kier alpha value is -5.17. The number of aliphatic imine (C=N–C) groups is 1. The lowest BCUT2D eigenvalue weighted by molar-refractivity contribution is -0.129. The van der Waals surface area contributed by atoms with Crippen molar-refractivity contribution in [3.8, 4) is 17.2 Å². The maximum Gasteiger partial charge on any atom is 0.352 e. The van der Waals surface area contributed by atoms with E-state index in [9.17, 15) is 9.90 Å². The second kappa shape index (κ2) is 10.7. The molecule has 0 amide bonds. The minimum atomic E-state index is -1.04. The Balaban J connectivity index is 1.33. The van der Waals surface area contributed by atoms with Crippen molar-refractivity contribution < 1.29 is 19.4 Å². The highest BCUT2D eigenvalue weighted by Crippen LogP contribution is 2.37. The average molecular weight is 516 g/mol. The molecule has 0 aromatic heterocycles. The van der Waals surface area contributed by atoms with Gasteiger partial charge in [0.25, 0.3) is 0 Å². The highest BCUT2D eigenvalue weighted by molar-refractivity contribution is 6.36. The molecule has 6 rings (SSSR count). The first-order valence-electron chi connectivity index (χ1n) is 12.6. The quantitative estimate of drug-likeness (QED) is 0.295. The van der Waals surface area contributed by atoms with E-state index in [1.807, 2.05) is 115 Å². The van der Waals surface area contributed by atoms with Crippen LogP contribution in [0.2, 0.25) is 0 Å². The van der Waals surface area contributed by atoms with Crippen molar-refractivity contribution >= 4 is 23.1 Å². The van der Waals surface area contributed by atoms with Gasteiger partial charge in [0.05, 0.1) is 11.4 Å². The lowest BCUT2D eigenvalue weighted by Gasteiger charge is -2.29. The van der Waals surface area contributed by atoms with Gasteiger partial charge >= 0.3 is 5.97 Å². The summed E-state index contributed by atoms with van der Waals surface area (Å²) in [5.74, 6) is 1.11. The van der Waals surface area contributed by atoms with Gasteiger partial charge in [-0.2, -0.15) is 5.10 Å². The molecule has 0 bridgehead atoms. The van der Waals surface area contributed by atoms with E-state index < -0.39 is 12.1 Å². The maximum atomic E-state index is 11.8. The Bertz CT molecular complexity index is 1580. The molecule has 0 radical (unpaired) electrons. The molecule has 2 aliphatic heterocycles. The van der Waals surface area contributed by atoms with E-state index in [1.165, 1.54) is 0 Å². The standard InChI is InChI=1S/C32H25N3O4/c36-32(37)28-20-31-33-27(23-15-17-25(18-16-23)39-24-11-5-2-6-12-24)19-29(35(31)34-28)26-13-7-8-14-30(26)38-21-22-9-3-1-4-10-22/h1-19,31H,20-21H2,(H,36,37). The molecule has 0 aliphatic carbocycles. The van der Waals surface area contributed by atoms with Gasteiger partial charge in [0.1, 0.15) is 35.7 Å². The molecule has 7 heteroatoms. The van der Waals surface area contributed by atoms with Crippen LogP contribution in [0.5, 0.6) is 17.2 Å². The minimum absolute atomic E-state index is 0.0743. The average Bonchev–Trinajstić information content (AvgIpc) is 3.42. The van der Waals surface area contributed by atoms with Crippen LogP contribution >= 0.6 is 0 Å². The lowest BCUT2D eigenvalue weighted by atomic mass is 10.0. The summed E-state index contributed by atoms with van der Waals surface area (Å²) in [7, 11) is 0. The van der Waals surface area contributed by atoms with Gasteiger partial charge in [-0.3, -0.25) is 4.99 Å². The third-order valence-electron chi connectivity index (χ3n) is 6.47. The number of carbonyl (C=O) groups is 1. The minimum Gasteiger partial charge on any atom is -0.488 e. The van der Waals surface area contributed by atoms with E-state index in [-0.39, 0.29) is 12.1 Å². The number of ether oxygens (including phenoxy) is 2. The molecule has 1 unspecified atom stereocenters. The van der Waals surface area contributed by atoms with Crippen molar-refractivity contribution in [1.82, 2.24) is 5.01 Å². The molecule has 7 nitrogen and oxygen atoms in total. The van der Waals surface area contributed by atoms with Crippen LogP contribution in [0.25, 0.3) is 5.70 Å². The summed E-state index contributed by atoms with van der Waals surface area (Å²) < 4.78 is 12.2. The Morgan fingerprint density at radius 3 is 2.26 bits per heavy atom. The molecule has 2 heterocycles. The molecule has 0 saturated heterocycles. The van der Waals surface area contributed by atoms with Crippen molar-refractivity contribution in [2.45, 2.75) is 19.2 Å². The van der Waals surface area contributed by atoms with Crippen molar-refractivity contribution in [2.24, 2.45) is 10.1 Å². The zero-order valence-electron chi connectivity index (χ0n) is 21.0. The SMILES string of the molecule is O=C(O)C1=NN2C(c3ccccc3OCc3ccccc3)=CC(c3ccc(Oc4ccccc4)cc3)=NC2C1. The summed E-state index contributed by atoms with van der Waals surface area (Å²) in [5, 5.41) is 15.8. The fraction of sp³-hybridized carbons (Fsp3) is 0.0938. The maximum absolute atomic E-state index is 11.8. The van der Waals surface area contributed by atoms with Crippen LogP contribution in [-0.4, -0.2) is 33.7 Å². The topological polar surface area (TPSA) is 83.7 Å². The molecule has 0 spiro atoms. The van der Waals surface area contributed by atoms with E-state index in [0.717, 1.165) is 33.8 Å². The van der Waals surface area contributed by atoms with Crippen LogP contribution in [0.1, 0.15) is 23.1 Å². The second-order valence-electron chi connectivity index (χ2n) is 9.14. The molecular formula is C32H25N3O4. The van der Waals surface area contributed by atoms with E-state index >= 15 is 0 Å². The van der Waals surface area contributed by atoms with Crippen molar-refractivity contribution in [3.63, 3.8) is 0 Å². The van der Waals surface area contributed by atoms with Gasteiger partial charge in [-0.25, -0.2) is 9.80 Å². The lowest BCUT2D eigenvalue weighted by Crippen LogP contribution is -2.29. The highest BCUT2D eigenvalue weighted by atomic mass is 16.5. The number of allylic oxidation sites excluding steroid dienone is 1. The first-order chi connectivity index (χ1) is 19.1. The van der Waals surface area contributed by atoms with E-state index in [1.54, 1.807) is 5.01 Å². The van der Waals surface area contributed by atoms with Gasteiger partial charge < -0.3 is 14.6 Å². The van der Waals surface area contributed by atoms with Crippen LogP contribution in [0.15, 0.2) is 125 Å². The summed E-state index contributed by atoms with van der Waals surface area (Å²) in [4.78, 5) is 16.7. The number of carboxylic acid groups (broad SMARTS) is 1. The normalized spacial score (nSPS) is 16.1. The second-order valence-corrected chi connectivity index (χ2v) is 9.14. The van der Waals surface area contributed by atoms with Crippen molar-refractivity contribution in [1.29, 1.82) is 0 Å². The molecule has 4 aromatic rings. The highest BCUT2D eigenvalue weighted by Gasteiger charge is 2.36. The number of hydrogen-bond donors (Lipinski definition) is 1. The number of nitrogens with zero attached hydrogens (tertiary/aromatic N) is 3. The third-order valence-corrected chi connectivity index (χ3v) is 6.47. The Labute approximate surface area is 226 Å². The van der Waals surface area contributed by atoms with Crippen molar-refractivity contribution in [3.05, 3.63) is 132 Å². The first-order valence-corrected chi connectivity index (χ1v) is 12.6. The van der Waals surface area contributed by atoms with E-state index in [2.05, 4.69) is 5.10 Å². The summed E-state index contributed by atoms with van der Waals surface area (Å²) in [6.45, 7) is 0.405. The zero-order valence-corrected chi connectivity index (χ0v) is 21.0. The molecule has 39 heavy (non-hydrogen) atoms. The first kappa shape index (κ1) is 24.2. The molecular weight excluding hydrogens is 490 g/mol. The number of hydrazone groups is 1. The van der Waals surface area contributed by atoms with Crippen LogP contribution in [-0.2, 0) is 11.4 Å². The number of benzene rings is 4. The van der Waals surface area contributed by atoms with Crippen LogP contribution < -0.4 is 9.47 Å². The predicted octanol–water partition coefficient (Wildman–Crippen LogP) is 6.37. The van der Waals surface area contributed by atoms with E-state index in [0.29, 0.717) is 18.1 Å². The smallest absolute Gasteiger partial charge is 0.352 e. The summed E-state index contributed by atoms with van der Waals surface area (Å²) in [5.41, 5.74) is 4.29. The fourth-order valence-corrected chi connectivity index (χ4v) is 4.55. The molecule has 192 valence electrons. The number of hydrogen-bond acceptors (Lipinski definition) is 6. The number of aliphatic carboxylic acids is 1. The Kier molecular flexibility index (Phi) is 6.62. The fourth-order valence-electron chi connectivity index (χ4n) is 4.55. The van der Waals surface area contributed by atoms with Gasteiger partial charge in [-0.05, 0) is 60.2 Å². The summed E-state index contributed by atoms with van der Waals surface area (Å²) in [6, 6.07) is 35.0. The van der Waals surface area contributed by atoms with Crippen molar-refractivity contribution in [2.75, 3.05) is 0 Å². The summed E-state index contributed by atoms with van der Waals surface area (Å²) >= 11 is 0. The number of rotatable bonds is 8. The van der Waals surface area contributed by atoms with Gasteiger partial charge in [0.15, 0.2) is 0 Å². The van der Waals surface area contributed by atoms with Gasteiger partial charge in [-0.15, -0.1) is 0 Å². The number of fused-ring (bicyclic) bond motifs is 1. The monoisotopic (exact) mass is 515 g/mol. The molecule has 1 N–H and O–H groups in total. The van der Waals surface area contributed by atoms with Crippen LogP contribution in [0, 0.1) is 0 Å². The van der Waals surface area contributed by atoms with Gasteiger partial charge in [0, 0.05) is 17.5 Å². The van der Waals surface area contributed by atoms with E-state index in [4.69, 9.17) is 14.5 Å². The molecule has 0 saturated carbocycles. The molecule has 2 aliphatic rings. The number of carboxylic acids is 1. The number of para-hydroxylation sites is 2. The largest absolute Gasteiger partial charge is 0.488 e. The van der Waals surface area contributed by atoms with Crippen LogP contribution in [0.3, 0.4) is 0 Å².